The molecule has 1 aromatic carbocycles. The minimum Gasteiger partial charge on any atom is -0.424 e. The molecule has 1 N–H and O–H groups in total. The van der Waals surface area contributed by atoms with E-state index in [4.69, 9.17) is 4.42 Å². The first kappa shape index (κ1) is 16.2. The maximum absolute atomic E-state index is 13.2. The van der Waals surface area contributed by atoms with E-state index < -0.39 is 0 Å². The number of piperazine rings is 1. The van der Waals surface area contributed by atoms with Crippen LogP contribution >= 0.6 is 0 Å². The Morgan fingerprint density at radius 3 is 2.74 bits per heavy atom. The average molecular weight is 320 g/mol. The monoisotopic (exact) mass is 320 g/mol. The zero-order valence-corrected chi connectivity index (χ0v) is 14.1. The van der Waals surface area contributed by atoms with Crippen molar-refractivity contribution in [1.82, 2.24) is 14.8 Å². The smallest absolute Gasteiger partial charge is 0.296 e. The highest BCUT2D eigenvalue weighted by molar-refractivity contribution is 5.74. The number of halogens is 1. The van der Waals surface area contributed by atoms with E-state index in [0.29, 0.717) is 17.1 Å². The van der Waals surface area contributed by atoms with Crippen molar-refractivity contribution in [3.8, 4) is 0 Å². The summed E-state index contributed by atoms with van der Waals surface area (Å²) in [5.41, 5.74) is 1.01. The minimum absolute atomic E-state index is 0.136. The Morgan fingerprint density at radius 2 is 2.00 bits per heavy atom. The van der Waals surface area contributed by atoms with Crippen molar-refractivity contribution >= 4 is 17.1 Å². The molecule has 1 aromatic heterocycles. The summed E-state index contributed by atoms with van der Waals surface area (Å²) in [4.78, 5) is 9.17. The third-order valence-corrected chi connectivity index (χ3v) is 4.44. The highest BCUT2D eigenvalue weighted by atomic mass is 19.1. The Balaban J connectivity index is 1.58. The molecule has 5 nitrogen and oxygen atoms in total. The Kier molecular flexibility index (Phi) is 4.55. The van der Waals surface area contributed by atoms with Crippen LogP contribution in [0.5, 0.6) is 0 Å². The summed E-state index contributed by atoms with van der Waals surface area (Å²) in [6.45, 7) is 9.82. The molecule has 0 saturated carbocycles. The molecular formula is C17H25FN4O. The van der Waals surface area contributed by atoms with E-state index >= 15 is 0 Å². The highest BCUT2D eigenvalue weighted by Gasteiger charge is 2.23. The van der Waals surface area contributed by atoms with Crippen molar-refractivity contribution in [1.29, 1.82) is 0 Å². The predicted molar refractivity (Wildman–Crippen MR) is 90.2 cm³/mol. The number of likely N-dealkylation sites (N-methyl/N-ethyl adjacent to an activating group) is 1. The summed E-state index contributed by atoms with van der Waals surface area (Å²) in [5, 5.41) is 3.34. The third-order valence-electron chi connectivity index (χ3n) is 4.44. The molecule has 1 saturated heterocycles. The van der Waals surface area contributed by atoms with E-state index in [0.717, 1.165) is 39.1 Å². The van der Waals surface area contributed by atoms with Crippen molar-refractivity contribution in [3.63, 3.8) is 0 Å². The molecule has 1 aliphatic heterocycles. The maximum atomic E-state index is 13.2. The van der Waals surface area contributed by atoms with Crippen LogP contribution in [0.1, 0.15) is 20.3 Å². The molecule has 0 atom stereocenters. The van der Waals surface area contributed by atoms with Crippen molar-refractivity contribution in [2.75, 3.05) is 45.1 Å². The fourth-order valence-corrected chi connectivity index (χ4v) is 2.82. The van der Waals surface area contributed by atoms with Crippen LogP contribution in [-0.4, -0.2) is 60.1 Å². The lowest BCUT2D eigenvalue weighted by atomic mass is 10.0. The second-order valence-corrected chi connectivity index (χ2v) is 7.03. The Morgan fingerprint density at radius 1 is 1.26 bits per heavy atom. The number of nitrogens with one attached hydrogen (secondary N) is 1. The van der Waals surface area contributed by atoms with Crippen molar-refractivity contribution in [2.45, 2.75) is 25.8 Å². The molecule has 3 rings (SSSR count). The van der Waals surface area contributed by atoms with Gasteiger partial charge < -0.3 is 19.5 Å². The van der Waals surface area contributed by atoms with Crippen LogP contribution in [0.4, 0.5) is 10.4 Å². The summed E-state index contributed by atoms with van der Waals surface area (Å²) < 4.78 is 18.9. The molecule has 0 bridgehead atoms. The molecule has 23 heavy (non-hydrogen) atoms. The van der Waals surface area contributed by atoms with E-state index in [1.807, 2.05) is 0 Å². The fraction of sp³-hybridized carbons (Fsp3) is 0.588. The van der Waals surface area contributed by atoms with Gasteiger partial charge in [0, 0.05) is 44.3 Å². The number of hydrogen-bond acceptors (Lipinski definition) is 5. The van der Waals surface area contributed by atoms with Crippen LogP contribution in [0.3, 0.4) is 0 Å². The number of fused-ring (bicyclic) bond motifs is 1. The van der Waals surface area contributed by atoms with Crippen LogP contribution in [0, 0.1) is 5.82 Å². The van der Waals surface area contributed by atoms with Crippen LogP contribution in [-0.2, 0) is 0 Å². The van der Waals surface area contributed by atoms with Crippen LogP contribution < -0.4 is 5.32 Å². The maximum Gasteiger partial charge on any atom is 0.296 e. The van der Waals surface area contributed by atoms with Gasteiger partial charge in [0.15, 0.2) is 5.58 Å². The van der Waals surface area contributed by atoms with E-state index in [9.17, 15) is 4.39 Å². The first-order valence-corrected chi connectivity index (χ1v) is 8.16. The number of aromatic nitrogens is 1. The number of benzene rings is 1. The second kappa shape index (κ2) is 6.45. The van der Waals surface area contributed by atoms with Gasteiger partial charge in [0.05, 0.1) is 0 Å². The van der Waals surface area contributed by atoms with E-state index in [1.54, 1.807) is 6.07 Å². The third kappa shape index (κ3) is 4.20. The second-order valence-electron chi connectivity index (χ2n) is 7.03. The van der Waals surface area contributed by atoms with Gasteiger partial charge in [0.2, 0.25) is 0 Å². The van der Waals surface area contributed by atoms with Crippen molar-refractivity contribution in [2.24, 2.45) is 0 Å². The lowest BCUT2D eigenvalue weighted by Gasteiger charge is -2.35. The van der Waals surface area contributed by atoms with Crippen molar-refractivity contribution in [3.05, 3.63) is 24.0 Å². The number of hydrogen-bond donors (Lipinski definition) is 1. The fourth-order valence-electron chi connectivity index (χ4n) is 2.82. The lowest BCUT2D eigenvalue weighted by Crippen LogP contribution is -2.46. The summed E-state index contributed by atoms with van der Waals surface area (Å²) in [6.07, 6.45) is 0.990. The molecule has 1 aliphatic rings. The van der Waals surface area contributed by atoms with Gasteiger partial charge in [-0.05, 0) is 39.4 Å². The van der Waals surface area contributed by atoms with Crippen molar-refractivity contribution < 1.29 is 8.81 Å². The topological polar surface area (TPSA) is 44.5 Å². The van der Waals surface area contributed by atoms with Gasteiger partial charge in [-0.15, -0.1) is 0 Å². The summed E-state index contributed by atoms with van der Waals surface area (Å²) in [6, 6.07) is 4.84. The van der Waals surface area contributed by atoms with Gasteiger partial charge in [-0.1, -0.05) is 0 Å². The molecule has 0 radical (unpaired) electrons. The minimum atomic E-state index is -0.299. The normalized spacial score (nSPS) is 17.7. The van der Waals surface area contributed by atoms with Gasteiger partial charge in [-0.3, -0.25) is 0 Å². The van der Waals surface area contributed by atoms with E-state index in [2.05, 4.69) is 41.0 Å². The van der Waals surface area contributed by atoms with Crippen LogP contribution in [0.25, 0.3) is 11.1 Å². The number of rotatable bonds is 5. The molecule has 1 fully saturated rings. The van der Waals surface area contributed by atoms with Gasteiger partial charge >= 0.3 is 0 Å². The summed E-state index contributed by atoms with van der Waals surface area (Å²) >= 11 is 0. The van der Waals surface area contributed by atoms with Crippen LogP contribution in [0.15, 0.2) is 22.6 Å². The zero-order valence-electron chi connectivity index (χ0n) is 14.1. The zero-order chi connectivity index (χ0) is 16.4. The molecule has 2 heterocycles. The van der Waals surface area contributed by atoms with Gasteiger partial charge in [0.1, 0.15) is 11.3 Å². The average Bonchev–Trinajstić information content (AvgIpc) is 2.87. The van der Waals surface area contributed by atoms with Gasteiger partial charge in [-0.25, -0.2) is 4.39 Å². The van der Waals surface area contributed by atoms with E-state index in [1.165, 1.54) is 12.1 Å². The van der Waals surface area contributed by atoms with Gasteiger partial charge in [0.25, 0.3) is 6.01 Å². The number of oxazole rings is 1. The lowest BCUT2D eigenvalue weighted by molar-refractivity contribution is 0.147. The first-order chi connectivity index (χ1) is 10.9. The Bertz CT molecular complexity index is 662. The molecule has 2 aromatic rings. The van der Waals surface area contributed by atoms with Gasteiger partial charge in [-0.2, -0.15) is 4.98 Å². The molecule has 0 amide bonds. The molecule has 126 valence electrons. The molecule has 0 unspecified atom stereocenters. The standard InChI is InChI=1S/C17H25FN4O/c1-17(2,6-7-22-10-8-21(3)9-11-22)20-16-19-14-12-13(18)4-5-15(14)23-16/h4-5,12H,6-11H2,1-3H3,(H,19,20). The Labute approximate surface area is 136 Å². The molecule has 0 aliphatic carbocycles. The largest absolute Gasteiger partial charge is 0.424 e. The predicted octanol–water partition coefficient (Wildman–Crippen LogP) is 2.79. The molecular weight excluding hydrogens is 295 g/mol. The number of nitrogens with zero attached hydrogens (tertiary/aromatic N) is 3. The van der Waals surface area contributed by atoms with Crippen LogP contribution in [0.2, 0.25) is 0 Å². The molecule has 0 spiro atoms. The Hall–Kier alpha value is -1.66. The summed E-state index contributed by atoms with van der Waals surface area (Å²) in [5.74, 6) is -0.299. The highest BCUT2D eigenvalue weighted by Crippen LogP contribution is 2.23. The first-order valence-electron chi connectivity index (χ1n) is 8.16. The molecule has 6 heteroatoms. The number of anilines is 1. The van der Waals surface area contributed by atoms with E-state index in [-0.39, 0.29) is 11.4 Å². The quantitative estimate of drug-likeness (QED) is 0.918. The SMILES string of the molecule is CN1CCN(CCC(C)(C)Nc2nc3cc(F)ccc3o2)CC1. The summed E-state index contributed by atoms with van der Waals surface area (Å²) in [7, 11) is 2.17.